The third-order valence-electron chi connectivity index (χ3n) is 6.08. The van der Waals surface area contributed by atoms with Crippen LogP contribution in [0, 0.1) is 0 Å². The van der Waals surface area contributed by atoms with E-state index < -0.39 is 12.2 Å². The Kier molecular flexibility index (Phi) is 6.08. The lowest BCUT2D eigenvalue weighted by molar-refractivity contribution is -0.130. The van der Waals surface area contributed by atoms with E-state index in [2.05, 4.69) is 6.58 Å². The number of phenolic OH excluding ortho intramolecular Hbond substituents is 1. The summed E-state index contributed by atoms with van der Waals surface area (Å²) < 4.78 is 10.9. The number of cyclic esters (lactones) is 1. The van der Waals surface area contributed by atoms with Gasteiger partial charge in [-0.2, -0.15) is 0 Å². The lowest BCUT2D eigenvalue weighted by Gasteiger charge is -2.24. The van der Waals surface area contributed by atoms with Crippen molar-refractivity contribution in [2.75, 3.05) is 25.1 Å². The van der Waals surface area contributed by atoms with Gasteiger partial charge >= 0.3 is 6.09 Å². The number of amides is 2. The van der Waals surface area contributed by atoms with Crippen LogP contribution in [0.2, 0.25) is 0 Å². The lowest BCUT2D eigenvalue weighted by Crippen LogP contribution is -2.37. The number of allylic oxidation sites excluding steroid dienone is 1. The summed E-state index contributed by atoms with van der Waals surface area (Å²) >= 11 is 0. The highest BCUT2D eigenvalue weighted by molar-refractivity contribution is 5.90. The molecule has 0 saturated carbocycles. The van der Waals surface area contributed by atoms with Crippen LogP contribution >= 0.6 is 0 Å². The number of hydrogen-bond donors (Lipinski definition) is 1. The summed E-state index contributed by atoms with van der Waals surface area (Å²) in [5, 5.41) is 9.67. The minimum Gasteiger partial charge on any atom is -0.508 e. The van der Waals surface area contributed by atoms with Crippen LogP contribution in [-0.2, 0) is 22.5 Å². The lowest BCUT2D eigenvalue weighted by atomic mass is 9.88. The van der Waals surface area contributed by atoms with Gasteiger partial charge < -0.3 is 19.5 Å². The third kappa shape index (κ3) is 4.42. The first-order chi connectivity index (χ1) is 15.4. The largest absolute Gasteiger partial charge is 0.508 e. The SMILES string of the molecule is C=C1CCCc2cc(N3C[C@H](CN(Cc4ccc(O)cc4OC)C(C)=O)OC3=O)ccc21. The van der Waals surface area contributed by atoms with E-state index in [0.29, 0.717) is 12.3 Å². The molecule has 168 valence electrons. The molecule has 4 rings (SSSR count). The molecule has 2 amide bonds. The molecule has 1 heterocycles. The minimum atomic E-state index is -0.444. The van der Waals surface area contributed by atoms with Gasteiger partial charge in [0.2, 0.25) is 5.91 Å². The highest BCUT2D eigenvalue weighted by Gasteiger charge is 2.34. The summed E-state index contributed by atoms with van der Waals surface area (Å²) in [4.78, 5) is 28.1. The molecule has 0 aromatic heterocycles. The fourth-order valence-electron chi connectivity index (χ4n) is 4.37. The molecular weight excluding hydrogens is 408 g/mol. The molecule has 0 bridgehead atoms. The van der Waals surface area contributed by atoms with Crippen molar-refractivity contribution >= 4 is 23.3 Å². The van der Waals surface area contributed by atoms with E-state index in [9.17, 15) is 14.7 Å². The van der Waals surface area contributed by atoms with Gasteiger partial charge in [0.05, 0.1) is 20.2 Å². The van der Waals surface area contributed by atoms with Crippen LogP contribution in [0.4, 0.5) is 10.5 Å². The second-order valence-electron chi connectivity index (χ2n) is 8.31. The maximum Gasteiger partial charge on any atom is 0.414 e. The van der Waals surface area contributed by atoms with Crippen LogP contribution in [-0.4, -0.2) is 48.3 Å². The van der Waals surface area contributed by atoms with Crippen molar-refractivity contribution in [3.8, 4) is 11.5 Å². The van der Waals surface area contributed by atoms with Crippen molar-refractivity contribution in [1.82, 2.24) is 4.90 Å². The van der Waals surface area contributed by atoms with Crippen LogP contribution in [0.25, 0.3) is 5.57 Å². The quantitative estimate of drug-likeness (QED) is 0.737. The summed E-state index contributed by atoms with van der Waals surface area (Å²) in [7, 11) is 1.51. The molecule has 2 aromatic rings. The monoisotopic (exact) mass is 436 g/mol. The zero-order valence-corrected chi connectivity index (χ0v) is 18.5. The first kappa shape index (κ1) is 21.7. The Morgan fingerprint density at radius 1 is 1.28 bits per heavy atom. The van der Waals surface area contributed by atoms with Crippen LogP contribution in [0.1, 0.15) is 36.5 Å². The maximum absolute atomic E-state index is 12.6. The van der Waals surface area contributed by atoms with Crippen LogP contribution in [0.15, 0.2) is 43.0 Å². The number of anilines is 1. The molecule has 0 unspecified atom stereocenters. The number of hydrogen-bond acceptors (Lipinski definition) is 5. The van der Waals surface area contributed by atoms with E-state index in [0.717, 1.165) is 36.1 Å². The van der Waals surface area contributed by atoms with E-state index in [4.69, 9.17) is 9.47 Å². The summed E-state index contributed by atoms with van der Waals surface area (Å²) in [5.41, 5.74) is 5.09. The molecule has 1 atom stereocenters. The number of carbonyl (C=O) groups is 2. The molecule has 32 heavy (non-hydrogen) atoms. The van der Waals surface area contributed by atoms with E-state index >= 15 is 0 Å². The molecule has 1 N–H and O–H groups in total. The molecule has 1 saturated heterocycles. The molecule has 2 aliphatic rings. The minimum absolute atomic E-state index is 0.0916. The van der Waals surface area contributed by atoms with Crippen molar-refractivity contribution in [2.24, 2.45) is 0 Å². The Labute approximate surface area is 187 Å². The Hall–Kier alpha value is -3.48. The predicted molar refractivity (Wildman–Crippen MR) is 122 cm³/mol. The number of carbonyl (C=O) groups excluding carboxylic acids is 2. The molecule has 7 heteroatoms. The van der Waals surface area contributed by atoms with Gasteiger partial charge in [0, 0.05) is 30.8 Å². The van der Waals surface area contributed by atoms with Gasteiger partial charge in [-0.05, 0) is 60.2 Å². The van der Waals surface area contributed by atoms with Crippen LogP contribution < -0.4 is 9.64 Å². The Bertz CT molecular complexity index is 1060. The number of fused-ring (bicyclic) bond motifs is 1. The Morgan fingerprint density at radius 3 is 2.84 bits per heavy atom. The molecule has 0 spiro atoms. The van der Waals surface area contributed by atoms with Gasteiger partial charge in [-0.1, -0.05) is 12.6 Å². The zero-order valence-electron chi connectivity index (χ0n) is 18.5. The van der Waals surface area contributed by atoms with Gasteiger partial charge in [0.25, 0.3) is 0 Å². The van der Waals surface area contributed by atoms with Crippen LogP contribution in [0.5, 0.6) is 11.5 Å². The van der Waals surface area contributed by atoms with E-state index in [1.54, 1.807) is 21.9 Å². The predicted octanol–water partition coefficient (Wildman–Crippen LogP) is 4.12. The average Bonchev–Trinajstić information content (AvgIpc) is 3.14. The number of nitrogens with zero attached hydrogens (tertiary/aromatic N) is 2. The normalized spacial score (nSPS) is 17.7. The molecule has 1 aliphatic heterocycles. The van der Waals surface area contributed by atoms with Crippen molar-refractivity contribution < 1.29 is 24.2 Å². The second-order valence-corrected chi connectivity index (χ2v) is 8.31. The molecule has 0 radical (unpaired) electrons. The smallest absolute Gasteiger partial charge is 0.414 e. The van der Waals surface area contributed by atoms with Gasteiger partial charge in [-0.25, -0.2) is 4.79 Å². The molecule has 1 fully saturated rings. The van der Waals surface area contributed by atoms with Crippen molar-refractivity contribution in [2.45, 2.75) is 38.8 Å². The van der Waals surface area contributed by atoms with Gasteiger partial charge in [0.1, 0.15) is 17.6 Å². The van der Waals surface area contributed by atoms with Gasteiger partial charge in [-0.3, -0.25) is 9.69 Å². The van der Waals surface area contributed by atoms with E-state index in [-0.39, 0.29) is 24.7 Å². The number of benzene rings is 2. The first-order valence-corrected chi connectivity index (χ1v) is 10.8. The average molecular weight is 437 g/mol. The maximum atomic E-state index is 12.6. The standard InChI is InChI=1S/C25H28N2O5/c1-16-5-4-6-18-11-20(8-10-23(16)18)27-15-22(32-25(27)30)14-26(17(2)28)13-19-7-9-21(29)12-24(19)31-3/h7-12,22,29H,1,4-6,13-15H2,2-3H3/t22-/m0/s1. The molecular formula is C25H28N2O5. The fourth-order valence-corrected chi connectivity index (χ4v) is 4.37. The second kappa shape index (κ2) is 8.94. The number of methoxy groups -OCH3 is 1. The highest BCUT2D eigenvalue weighted by atomic mass is 16.6. The van der Waals surface area contributed by atoms with Gasteiger partial charge in [0.15, 0.2) is 0 Å². The number of phenols is 1. The van der Waals surface area contributed by atoms with Crippen molar-refractivity contribution in [3.63, 3.8) is 0 Å². The number of aromatic hydroxyl groups is 1. The summed E-state index contributed by atoms with van der Waals surface area (Å²) in [5.74, 6) is 0.452. The van der Waals surface area contributed by atoms with Crippen molar-refractivity contribution in [3.05, 3.63) is 59.7 Å². The molecule has 7 nitrogen and oxygen atoms in total. The first-order valence-electron chi connectivity index (χ1n) is 10.8. The Balaban J connectivity index is 1.47. The summed E-state index contributed by atoms with van der Waals surface area (Å²) in [6.45, 7) is 6.55. The molecule has 2 aromatic carbocycles. The van der Waals surface area contributed by atoms with E-state index in [1.165, 1.54) is 31.2 Å². The highest BCUT2D eigenvalue weighted by Crippen LogP contribution is 2.33. The number of aryl methyl sites for hydroxylation is 1. The fraction of sp³-hybridized carbons (Fsp3) is 0.360. The topological polar surface area (TPSA) is 79.3 Å². The zero-order chi connectivity index (χ0) is 22.8. The van der Waals surface area contributed by atoms with Crippen molar-refractivity contribution in [1.29, 1.82) is 0 Å². The molecule has 1 aliphatic carbocycles. The summed E-state index contributed by atoms with van der Waals surface area (Å²) in [6, 6.07) is 10.8. The number of ether oxygens (including phenoxy) is 2. The third-order valence-corrected chi connectivity index (χ3v) is 6.08. The Morgan fingerprint density at radius 2 is 2.09 bits per heavy atom. The van der Waals surface area contributed by atoms with Gasteiger partial charge in [-0.15, -0.1) is 0 Å². The van der Waals surface area contributed by atoms with Crippen LogP contribution in [0.3, 0.4) is 0 Å². The summed E-state index contributed by atoms with van der Waals surface area (Å²) in [6.07, 6.45) is 2.20. The van der Waals surface area contributed by atoms with E-state index in [1.807, 2.05) is 18.2 Å². The number of rotatable bonds is 6.